The Balaban J connectivity index is 0.00000264. The molecule has 0 aliphatic carbocycles. The molecular formula is C4H10N12O8. The molecule has 0 amide bonds. The summed E-state index contributed by atoms with van der Waals surface area (Å²) in [6.45, 7) is -0.308. The lowest BCUT2D eigenvalue weighted by atomic mass is 10.8. The van der Waals surface area contributed by atoms with Gasteiger partial charge in [-0.05, 0) is 10.4 Å². The van der Waals surface area contributed by atoms with Gasteiger partial charge in [-0.25, -0.2) is 20.2 Å². The minimum atomic E-state index is -0.980. The van der Waals surface area contributed by atoms with Gasteiger partial charge in [0.05, 0.1) is 0 Å². The lowest BCUT2D eigenvalue weighted by Gasteiger charge is -2.04. The van der Waals surface area contributed by atoms with E-state index in [1.54, 1.807) is 0 Å². The number of nitrogens with one attached hydrogen (secondary N) is 2. The van der Waals surface area contributed by atoms with E-state index in [9.17, 15) is 20.2 Å². The van der Waals surface area contributed by atoms with E-state index in [4.69, 9.17) is 9.68 Å². The molecule has 0 saturated carbocycles. The van der Waals surface area contributed by atoms with Crippen LogP contribution < -0.4 is 20.9 Å². The van der Waals surface area contributed by atoms with Crippen LogP contribution in [0.1, 0.15) is 0 Å². The lowest BCUT2D eigenvalue weighted by Crippen LogP contribution is -2.34. The topological polar surface area (TPSA) is 285 Å². The molecule has 0 aliphatic rings. The molecule has 0 aromatic carbocycles. The number of H-pyrrole nitrogens is 2. The number of hydrogen-bond acceptors (Lipinski definition) is 10. The van der Waals surface area contributed by atoms with Crippen molar-refractivity contribution in [3.8, 4) is 0 Å². The van der Waals surface area contributed by atoms with Crippen LogP contribution in [0.15, 0.2) is 10.2 Å². The van der Waals surface area contributed by atoms with Crippen LogP contribution >= 0.6 is 0 Å². The molecule has 20 nitrogen and oxygen atoms in total. The molecule has 0 unspecified atom stereocenters. The molecule has 0 spiro atoms. The molecule has 0 atom stereocenters. The van der Waals surface area contributed by atoms with E-state index in [0.29, 0.717) is 0 Å². The minimum absolute atomic E-state index is 0. The van der Waals surface area contributed by atoms with E-state index in [2.05, 4.69) is 41.3 Å². The second-order valence-corrected chi connectivity index (χ2v) is 3.13. The van der Waals surface area contributed by atoms with Gasteiger partial charge in [0, 0.05) is 0 Å². The summed E-state index contributed by atoms with van der Waals surface area (Å²) in [5.74, 6) is 0. The SMILES string of the molecule is O.O.O=[N+]([O-])/N=c1\nn[nH]n1OCCOn1[nH]nn/c1=N\[N+](=O)[O-]. The predicted molar refractivity (Wildman–Crippen MR) is 64.0 cm³/mol. The average Bonchev–Trinajstić information content (AvgIpc) is 3.04. The van der Waals surface area contributed by atoms with Crippen molar-refractivity contribution in [2.24, 2.45) is 10.2 Å². The van der Waals surface area contributed by atoms with E-state index >= 15 is 0 Å². The minimum Gasteiger partial charge on any atom is -0.412 e. The Kier molecular flexibility index (Phi) is 7.65. The lowest BCUT2D eigenvalue weighted by molar-refractivity contribution is -0.491. The zero-order valence-corrected chi connectivity index (χ0v) is 11.3. The largest absolute Gasteiger partial charge is 0.412 e. The third-order valence-corrected chi connectivity index (χ3v) is 1.78. The van der Waals surface area contributed by atoms with Gasteiger partial charge in [-0.3, -0.25) is 0 Å². The van der Waals surface area contributed by atoms with Gasteiger partial charge >= 0.3 is 11.2 Å². The molecule has 0 aliphatic heterocycles. The Morgan fingerprint density at radius 1 is 0.917 bits per heavy atom. The van der Waals surface area contributed by atoms with Crippen LogP contribution in [0, 0.1) is 20.2 Å². The van der Waals surface area contributed by atoms with Crippen LogP contribution in [0.3, 0.4) is 0 Å². The zero-order valence-electron chi connectivity index (χ0n) is 11.3. The summed E-state index contributed by atoms with van der Waals surface area (Å²) in [6, 6.07) is 0. The van der Waals surface area contributed by atoms with E-state index < -0.39 is 21.3 Å². The van der Waals surface area contributed by atoms with Crippen LogP contribution in [0.5, 0.6) is 0 Å². The van der Waals surface area contributed by atoms with Crippen LogP contribution in [-0.4, -0.2) is 75.0 Å². The number of nitrogens with zero attached hydrogens (tertiary/aromatic N) is 10. The molecule has 2 rings (SSSR count). The monoisotopic (exact) mass is 354 g/mol. The third kappa shape index (κ3) is 5.45. The molecule has 20 heteroatoms. The number of nitro groups is 2. The first-order valence-electron chi connectivity index (χ1n) is 5.21. The number of rotatable bonds is 7. The Bertz CT molecular complexity index is 715. The second kappa shape index (κ2) is 9.15. The van der Waals surface area contributed by atoms with Crippen molar-refractivity contribution in [3.05, 3.63) is 31.5 Å². The molecule has 2 heterocycles. The highest BCUT2D eigenvalue weighted by Gasteiger charge is 2.05. The molecule has 0 fully saturated rings. The van der Waals surface area contributed by atoms with E-state index in [1.165, 1.54) is 0 Å². The van der Waals surface area contributed by atoms with Crippen molar-refractivity contribution in [1.82, 2.24) is 40.7 Å². The Morgan fingerprint density at radius 2 is 1.29 bits per heavy atom. The molecule has 0 radical (unpaired) electrons. The van der Waals surface area contributed by atoms with Gasteiger partial charge in [0.25, 0.3) is 0 Å². The third-order valence-electron chi connectivity index (χ3n) is 1.78. The normalized spacial score (nSPS) is 11.3. The van der Waals surface area contributed by atoms with E-state index in [0.717, 1.165) is 9.69 Å². The number of aromatic nitrogens is 8. The van der Waals surface area contributed by atoms with E-state index in [1.807, 2.05) is 0 Å². The number of tetrazole rings is 2. The van der Waals surface area contributed by atoms with Crippen molar-refractivity contribution >= 4 is 0 Å². The summed E-state index contributed by atoms with van der Waals surface area (Å²) in [6.07, 6.45) is 0. The highest BCUT2D eigenvalue weighted by molar-refractivity contribution is 4.42. The molecule has 2 aromatic rings. The van der Waals surface area contributed by atoms with Crippen LogP contribution in [-0.2, 0) is 0 Å². The fraction of sp³-hybridized carbons (Fsp3) is 0.500. The highest BCUT2D eigenvalue weighted by atomic mass is 16.7. The standard InChI is InChI=1S/C4H6N12O6.2H2O/c17-15(18)7-3-5-9-11-13(3)21-1-2-22-14-4(6-10-12-14)8-16(19)20;;/h1-2H2,(H,5,7,11)(H,6,8,12);2*1H2. The maximum Gasteiger partial charge on any atom is 0.373 e. The number of aromatic amines is 2. The average molecular weight is 354 g/mol. The molecular weight excluding hydrogens is 344 g/mol. The quantitative estimate of drug-likeness (QED) is 0.269. The summed E-state index contributed by atoms with van der Waals surface area (Å²) in [5.41, 5.74) is -0.852. The fourth-order valence-electron chi connectivity index (χ4n) is 1.08. The molecule has 0 bridgehead atoms. The first-order valence-corrected chi connectivity index (χ1v) is 5.21. The predicted octanol–water partition coefficient (Wildman–Crippen LogP) is -6.38. The maximum absolute atomic E-state index is 10.2. The molecule has 0 saturated heterocycles. The molecule has 2 aromatic heterocycles. The maximum atomic E-state index is 10.2. The van der Waals surface area contributed by atoms with E-state index in [-0.39, 0.29) is 24.2 Å². The summed E-state index contributed by atoms with van der Waals surface area (Å²) >= 11 is 0. The summed E-state index contributed by atoms with van der Waals surface area (Å²) < 4.78 is 0. The van der Waals surface area contributed by atoms with Gasteiger partial charge in [0.1, 0.15) is 10.2 Å². The molecule has 24 heavy (non-hydrogen) atoms. The highest BCUT2D eigenvalue weighted by Crippen LogP contribution is 1.71. The Morgan fingerprint density at radius 3 is 1.62 bits per heavy atom. The smallest absolute Gasteiger partial charge is 0.373 e. The van der Waals surface area contributed by atoms with Crippen molar-refractivity contribution in [3.63, 3.8) is 0 Å². The molecule has 6 N–H and O–H groups in total. The first-order chi connectivity index (χ1) is 10.6. The van der Waals surface area contributed by atoms with Crippen molar-refractivity contribution in [2.45, 2.75) is 0 Å². The van der Waals surface area contributed by atoms with Crippen molar-refractivity contribution in [1.29, 1.82) is 0 Å². The Hall–Kier alpha value is -3.94. The van der Waals surface area contributed by atoms with Crippen LogP contribution in [0.4, 0.5) is 0 Å². The summed E-state index contributed by atoms with van der Waals surface area (Å²) in [7, 11) is 0. The van der Waals surface area contributed by atoms with Gasteiger partial charge < -0.3 is 20.6 Å². The Labute approximate surface area is 127 Å². The van der Waals surface area contributed by atoms with Crippen molar-refractivity contribution in [2.75, 3.05) is 13.2 Å². The summed E-state index contributed by atoms with van der Waals surface area (Å²) in [5, 5.41) is 41.7. The second-order valence-electron chi connectivity index (χ2n) is 3.13. The fourth-order valence-corrected chi connectivity index (χ4v) is 1.08. The van der Waals surface area contributed by atoms with Gasteiger partial charge in [0.2, 0.25) is 0 Å². The molecule has 134 valence electrons. The zero-order chi connectivity index (χ0) is 15.9. The van der Waals surface area contributed by atoms with Crippen LogP contribution in [0.25, 0.3) is 0 Å². The van der Waals surface area contributed by atoms with Gasteiger partial charge in [-0.2, -0.15) is 10.4 Å². The van der Waals surface area contributed by atoms with Crippen molar-refractivity contribution < 1.29 is 30.7 Å². The number of hydrogen-bond donors (Lipinski definition) is 2. The van der Waals surface area contributed by atoms with Gasteiger partial charge in [-0.15, -0.1) is 0 Å². The van der Waals surface area contributed by atoms with Crippen LogP contribution in [0.2, 0.25) is 0 Å². The van der Waals surface area contributed by atoms with Gasteiger partial charge in [-0.1, -0.05) is 19.9 Å². The summed E-state index contributed by atoms with van der Waals surface area (Å²) in [4.78, 5) is 31.8. The van der Waals surface area contributed by atoms with Gasteiger partial charge in [0.15, 0.2) is 23.3 Å². The first kappa shape index (κ1) is 20.1.